The number of fused-ring (bicyclic) bond motifs is 7. The minimum absolute atomic E-state index is 0.00585. The molecule has 554 valence electrons. The van der Waals surface area contributed by atoms with E-state index in [1.165, 1.54) is 26.5 Å². The first-order valence-corrected chi connectivity index (χ1v) is 37.8. The molecule has 0 radical (unpaired) electrons. The smallest absolute Gasteiger partial charge is 0.322 e. The molecule has 2 saturated heterocycles. The van der Waals surface area contributed by atoms with Gasteiger partial charge in [-0.2, -0.15) is 0 Å². The zero-order valence-electron chi connectivity index (χ0n) is 61.5. The number of carbonyl (C=O) groups excluding carboxylic acids is 5. The number of hydrogen-bond acceptors (Lipinski definition) is 17. The van der Waals surface area contributed by atoms with Gasteiger partial charge < -0.3 is 59.3 Å². The normalized spacial score (nSPS) is 32.8. The Morgan fingerprint density at radius 1 is 0.638 bits per heavy atom. The van der Waals surface area contributed by atoms with Gasteiger partial charge in [-0.05, 0) is 147 Å². The Bertz CT molecular complexity index is 4570. The van der Waals surface area contributed by atoms with Crippen LogP contribution >= 0.6 is 23.2 Å². The number of carbonyl (C=O) groups is 5. The van der Waals surface area contributed by atoms with Crippen LogP contribution < -0.4 is 29.9 Å². The maximum absolute atomic E-state index is 15.5. The van der Waals surface area contributed by atoms with Crippen LogP contribution in [0.5, 0.6) is 11.5 Å². The molecule has 3 unspecified atom stereocenters. The van der Waals surface area contributed by atoms with Crippen molar-refractivity contribution in [2.45, 2.75) is 143 Å². The number of aromatic nitrogens is 1. The van der Waals surface area contributed by atoms with Crippen LogP contribution in [0.1, 0.15) is 122 Å². The third-order valence-electron chi connectivity index (χ3n) is 26.1. The molecule has 9 heterocycles. The van der Waals surface area contributed by atoms with E-state index in [0.29, 0.717) is 64.7 Å². The summed E-state index contributed by atoms with van der Waals surface area (Å²) in [5.74, 6) is -0.778. The van der Waals surface area contributed by atoms with Gasteiger partial charge in [-0.15, -0.1) is 0 Å². The number of esters is 3. The van der Waals surface area contributed by atoms with Crippen molar-refractivity contribution in [1.82, 2.24) is 30.3 Å². The van der Waals surface area contributed by atoms with Crippen molar-refractivity contribution in [2.24, 2.45) is 16.7 Å². The first-order chi connectivity index (χ1) is 50.4. The van der Waals surface area contributed by atoms with Crippen molar-refractivity contribution >= 4 is 75.2 Å². The summed E-state index contributed by atoms with van der Waals surface area (Å²) >= 11 is 12.2. The third-order valence-corrected chi connectivity index (χ3v) is 26.7. The molecule has 2 aliphatic carbocycles. The number of para-hydroxylation sites is 1. The summed E-state index contributed by atoms with van der Waals surface area (Å²) in [6.45, 7) is 14.5. The zero-order chi connectivity index (χ0) is 74.1. The van der Waals surface area contributed by atoms with Gasteiger partial charge in [-0.25, -0.2) is 0 Å². The lowest BCUT2D eigenvalue weighted by molar-refractivity contribution is -0.216. The second-order valence-corrected chi connectivity index (χ2v) is 31.9. The van der Waals surface area contributed by atoms with Crippen molar-refractivity contribution in [2.75, 3.05) is 104 Å². The Balaban J connectivity index is 0.000000189. The number of hydrogen-bond donors (Lipinski definition) is 5. The number of aliphatic hydroxyl groups is 2. The van der Waals surface area contributed by atoms with E-state index in [2.05, 4.69) is 122 Å². The van der Waals surface area contributed by atoms with Crippen molar-refractivity contribution < 1.29 is 57.9 Å². The van der Waals surface area contributed by atoms with E-state index in [9.17, 15) is 29.4 Å². The van der Waals surface area contributed by atoms with E-state index < -0.39 is 74.5 Å². The van der Waals surface area contributed by atoms with Gasteiger partial charge in [-0.1, -0.05) is 104 Å². The lowest BCUT2D eigenvalue weighted by Crippen LogP contribution is -2.81. The maximum Gasteiger partial charge on any atom is 0.322 e. The highest BCUT2D eigenvalue weighted by molar-refractivity contribution is 6.31. The number of anilines is 2. The van der Waals surface area contributed by atoms with Gasteiger partial charge in [0.2, 0.25) is 0 Å². The van der Waals surface area contributed by atoms with Gasteiger partial charge in [-0.3, -0.25) is 38.7 Å². The molecule has 16 rings (SSSR count). The van der Waals surface area contributed by atoms with Crippen LogP contribution in [-0.2, 0) is 51.3 Å². The predicted molar refractivity (Wildman–Crippen MR) is 404 cm³/mol. The summed E-state index contributed by atoms with van der Waals surface area (Å²) < 4.78 is 30.7. The van der Waals surface area contributed by atoms with E-state index in [1.807, 2.05) is 38.4 Å². The standard InChI is InChI=1S/C52H60ClN5O7.C31H36ClN3O5/c1-7-32-24-33-27-51(48(61)64-6,43-37(18-22-57(28-32)29-33)36-12-9-10-13-40(36)55-43)39-25-38-41(26-42(39)63-5)56(4)46-50(38)20-23-58-21-11-19-49(8-2,45(50)58)47(65-31(3)59)52(46,62)30-54-44(60)34-14-16-35(53)17-15-34;1-5-29-13-6-15-35-16-14-30(26(29)35)23-12-11-22(39-4)17-24(23)34(3)27(30)31(38,28(29)40-19(2)36)18-33-25(37)20-7-9-21(32)10-8-20/h9-17,19,24-26,33,45-47,55,62H,7-8,18,20-23,27-30H2,1-6H3,(H,54,60);6-13,17,26-28,38H,5,14-16,18H2,1-4H3,(H,33,37)/t33-,45?,46+,47+,49+,50+,51-,52-;26?,27-,28-,29-,30-,31+/m01/s1. The number of aromatic amines is 1. The molecule has 2 bridgehead atoms. The summed E-state index contributed by atoms with van der Waals surface area (Å²) in [5.41, 5.74) is 2.17. The van der Waals surface area contributed by atoms with Crippen LogP contribution in [0.2, 0.25) is 10.0 Å². The Morgan fingerprint density at radius 3 is 1.70 bits per heavy atom. The maximum atomic E-state index is 15.5. The Hall–Kier alpha value is -8.21. The van der Waals surface area contributed by atoms with Gasteiger partial charge in [0.1, 0.15) is 40.3 Å². The zero-order valence-corrected chi connectivity index (χ0v) is 63.0. The van der Waals surface area contributed by atoms with E-state index in [1.54, 1.807) is 62.8 Å². The molecule has 2 saturated carbocycles. The van der Waals surface area contributed by atoms with Crippen LogP contribution in [0.15, 0.2) is 139 Å². The molecule has 20 nitrogen and oxygen atoms in total. The number of halogens is 2. The number of benzene rings is 5. The summed E-state index contributed by atoms with van der Waals surface area (Å²) in [5, 5.41) is 35.2. The van der Waals surface area contributed by atoms with Gasteiger partial charge >= 0.3 is 17.9 Å². The molecule has 10 aliphatic rings. The van der Waals surface area contributed by atoms with Crippen molar-refractivity contribution in [3.8, 4) is 11.5 Å². The largest absolute Gasteiger partial charge is 0.497 e. The first kappa shape index (κ1) is 72.4. The molecule has 6 aromatic rings. The highest BCUT2D eigenvalue weighted by Gasteiger charge is 2.80. The van der Waals surface area contributed by atoms with Crippen LogP contribution in [-0.4, -0.2) is 202 Å². The molecule has 15 atom stereocenters. The molecule has 1 aromatic heterocycles. The van der Waals surface area contributed by atoms with E-state index in [-0.39, 0.29) is 48.9 Å². The number of rotatable bonds is 15. The van der Waals surface area contributed by atoms with Crippen LogP contribution in [0.25, 0.3) is 10.9 Å². The Labute approximate surface area is 624 Å². The van der Waals surface area contributed by atoms with E-state index >= 15 is 4.79 Å². The fourth-order valence-electron chi connectivity index (χ4n) is 22.5. The first-order valence-electron chi connectivity index (χ1n) is 37.1. The summed E-state index contributed by atoms with van der Waals surface area (Å²) in [6.07, 6.45) is 13.8. The number of methoxy groups -OCH3 is 3. The highest BCUT2D eigenvalue weighted by Crippen LogP contribution is 2.70. The number of nitrogens with one attached hydrogen (secondary N) is 3. The van der Waals surface area contributed by atoms with Gasteiger partial charge in [0.05, 0.1) is 46.5 Å². The van der Waals surface area contributed by atoms with E-state index in [0.717, 1.165) is 109 Å². The summed E-state index contributed by atoms with van der Waals surface area (Å²) in [4.78, 5) is 84.3. The molecule has 5 N–H and O–H groups in total. The molecule has 2 amide bonds. The average molecular weight is 1470 g/mol. The molecule has 8 aliphatic heterocycles. The number of nitrogens with zero attached hydrogens (tertiary/aromatic N) is 5. The summed E-state index contributed by atoms with van der Waals surface area (Å²) in [7, 11) is 8.74. The van der Waals surface area contributed by atoms with Crippen LogP contribution in [0, 0.1) is 16.7 Å². The lowest BCUT2D eigenvalue weighted by Gasteiger charge is -2.64. The van der Waals surface area contributed by atoms with Crippen LogP contribution in [0.3, 0.4) is 0 Å². The molecule has 5 aromatic carbocycles. The summed E-state index contributed by atoms with van der Waals surface area (Å²) in [6, 6.07) is 30.5. The minimum atomic E-state index is -1.82. The van der Waals surface area contributed by atoms with Gasteiger partial charge in [0, 0.05) is 161 Å². The number of likely N-dealkylation sites (N-methyl/N-ethyl adjacent to an activating group) is 2. The SMILES string of the molecule is CCC1=C[C@@H]2CN(CCc3c([nH]c4ccccc34)[C@@](C(=O)OC)(c3cc4c(cc3OC)N(C)[C@H]3[C@@](O)(CNC(=O)c5ccc(Cl)cc5)[C@H](OC(C)=O)[C@]5(CC)C=CCN6CC[C@]43C65)C2)C1.CC[C@]12C=CCN3CC[C@@]4(c5ccc(OC)cc5N(C)[C@H]4[C@@](O)(CNC(=O)c4ccc(Cl)cc4)[C@@H]1OC(C)=O)C32. The average Bonchev–Trinajstić information content (AvgIpc) is 1.47. The lowest BCUT2D eigenvalue weighted by atomic mass is 9.47. The van der Waals surface area contributed by atoms with Gasteiger partial charge in [0.25, 0.3) is 11.8 Å². The highest BCUT2D eigenvalue weighted by atomic mass is 35.5. The molecule has 22 heteroatoms. The minimum Gasteiger partial charge on any atom is -0.497 e. The predicted octanol–water partition coefficient (Wildman–Crippen LogP) is 10.3. The monoisotopic (exact) mass is 1470 g/mol. The molecular formula is C83H96Cl2N8O12. The second-order valence-electron chi connectivity index (χ2n) is 31.0. The second kappa shape index (κ2) is 26.9. The molecule has 4 fully saturated rings. The molecular weight excluding hydrogens is 1370 g/mol. The Morgan fingerprint density at radius 2 is 1.18 bits per heavy atom. The quantitative estimate of drug-likeness (QED) is 0.0366. The third kappa shape index (κ3) is 10.8. The number of H-pyrrole nitrogens is 1. The fourth-order valence-corrected chi connectivity index (χ4v) is 22.8. The fraction of sp³-hybridized carbons (Fsp3) is 0.482. The van der Waals surface area contributed by atoms with Crippen molar-refractivity contribution in [3.63, 3.8) is 0 Å². The number of ether oxygens (including phenoxy) is 5. The molecule has 105 heavy (non-hydrogen) atoms. The van der Waals surface area contributed by atoms with Crippen molar-refractivity contribution in [1.29, 1.82) is 0 Å². The van der Waals surface area contributed by atoms with Gasteiger partial charge in [0.15, 0.2) is 0 Å². The van der Waals surface area contributed by atoms with Crippen LogP contribution in [0.4, 0.5) is 11.4 Å². The van der Waals surface area contributed by atoms with E-state index in [4.69, 9.17) is 46.9 Å². The number of amides is 2. The topological polar surface area (TPSA) is 228 Å². The molecule has 2 spiro atoms. The Kier molecular flexibility index (Phi) is 18.6. The van der Waals surface area contributed by atoms with Crippen molar-refractivity contribution in [3.05, 3.63) is 188 Å².